The number of urea groups is 1. The highest BCUT2D eigenvalue weighted by molar-refractivity contribution is 5.74. The SMILES string of the molecule is C[C@@](CO)(NC(=O)NC[C@H]1CCCO1)C1CC1. The van der Waals surface area contributed by atoms with Crippen LogP contribution < -0.4 is 10.6 Å². The maximum Gasteiger partial charge on any atom is 0.315 e. The summed E-state index contributed by atoms with van der Waals surface area (Å²) < 4.78 is 5.43. The molecule has 3 N–H and O–H groups in total. The van der Waals surface area contributed by atoms with Crippen molar-refractivity contribution in [3.8, 4) is 0 Å². The van der Waals surface area contributed by atoms with Gasteiger partial charge in [-0.15, -0.1) is 0 Å². The second-order valence-corrected chi connectivity index (χ2v) is 5.32. The van der Waals surface area contributed by atoms with Gasteiger partial charge in [0.15, 0.2) is 0 Å². The fourth-order valence-electron chi connectivity index (χ4n) is 2.31. The van der Waals surface area contributed by atoms with E-state index in [9.17, 15) is 9.90 Å². The molecule has 17 heavy (non-hydrogen) atoms. The summed E-state index contributed by atoms with van der Waals surface area (Å²) in [6.07, 6.45) is 4.42. The minimum Gasteiger partial charge on any atom is -0.394 e. The molecular formula is C12H22N2O3. The molecule has 0 aromatic carbocycles. The smallest absolute Gasteiger partial charge is 0.315 e. The van der Waals surface area contributed by atoms with Gasteiger partial charge in [-0.25, -0.2) is 4.79 Å². The van der Waals surface area contributed by atoms with Crippen molar-refractivity contribution in [1.29, 1.82) is 0 Å². The number of hydrogen-bond acceptors (Lipinski definition) is 3. The molecule has 0 radical (unpaired) electrons. The zero-order valence-corrected chi connectivity index (χ0v) is 10.4. The first-order valence-electron chi connectivity index (χ1n) is 6.42. The number of aliphatic hydroxyl groups excluding tert-OH is 1. The predicted molar refractivity (Wildman–Crippen MR) is 63.7 cm³/mol. The van der Waals surface area contributed by atoms with E-state index >= 15 is 0 Å². The van der Waals surface area contributed by atoms with E-state index in [-0.39, 0.29) is 18.7 Å². The zero-order chi connectivity index (χ0) is 12.3. The molecule has 5 nitrogen and oxygen atoms in total. The van der Waals surface area contributed by atoms with Gasteiger partial charge in [-0.3, -0.25) is 0 Å². The number of carbonyl (C=O) groups is 1. The van der Waals surface area contributed by atoms with Crippen molar-refractivity contribution in [3.63, 3.8) is 0 Å². The standard InChI is InChI=1S/C12H22N2O3/c1-12(8-15,9-4-5-9)14-11(16)13-7-10-3-2-6-17-10/h9-10,15H,2-8H2,1H3,(H2,13,14,16)/t10-,12+/m1/s1. The second kappa shape index (κ2) is 5.23. The highest BCUT2D eigenvalue weighted by atomic mass is 16.5. The fraction of sp³-hybridized carbons (Fsp3) is 0.917. The molecule has 0 bridgehead atoms. The van der Waals surface area contributed by atoms with Crippen LogP contribution >= 0.6 is 0 Å². The Hall–Kier alpha value is -0.810. The monoisotopic (exact) mass is 242 g/mol. The number of ether oxygens (including phenoxy) is 1. The Morgan fingerprint density at radius 3 is 2.76 bits per heavy atom. The van der Waals surface area contributed by atoms with Crippen LogP contribution in [0.1, 0.15) is 32.6 Å². The summed E-state index contributed by atoms with van der Waals surface area (Å²) in [5.41, 5.74) is -0.472. The van der Waals surface area contributed by atoms with Crippen molar-refractivity contribution in [2.45, 2.75) is 44.2 Å². The van der Waals surface area contributed by atoms with Crippen LogP contribution in [0.15, 0.2) is 0 Å². The highest BCUT2D eigenvalue weighted by Crippen LogP contribution is 2.39. The van der Waals surface area contributed by atoms with Crippen molar-refractivity contribution in [2.75, 3.05) is 19.8 Å². The van der Waals surface area contributed by atoms with Gasteiger partial charge in [0.1, 0.15) is 0 Å². The molecule has 98 valence electrons. The van der Waals surface area contributed by atoms with Gasteiger partial charge < -0.3 is 20.5 Å². The van der Waals surface area contributed by atoms with E-state index in [0.717, 1.165) is 32.3 Å². The average molecular weight is 242 g/mol. The Bertz CT molecular complexity index is 275. The molecule has 0 unspecified atom stereocenters. The van der Waals surface area contributed by atoms with Crippen LogP contribution in [0.5, 0.6) is 0 Å². The Labute approximate surface area is 102 Å². The first-order valence-corrected chi connectivity index (χ1v) is 6.42. The molecule has 1 saturated carbocycles. The van der Waals surface area contributed by atoms with E-state index in [0.29, 0.717) is 12.5 Å². The molecule has 0 aromatic heterocycles. The van der Waals surface area contributed by atoms with Crippen molar-refractivity contribution < 1.29 is 14.6 Å². The summed E-state index contributed by atoms with van der Waals surface area (Å²) in [4.78, 5) is 11.7. The van der Waals surface area contributed by atoms with Gasteiger partial charge in [-0.2, -0.15) is 0 Å². The molecule has 1 heterocycles. The Morgan fingerprint density at radius 2 is 2.24 bits per heavy atom. The van der Waals surface area contributed by atoms with E-state index in [4.69, 9.17) is 4.74 Å². The van der Waals surface area contributed by atoms with Crippen LogP contribution in [0.3, 0.4) is 0 Å². The normalized spacial score (nSPS) is 27.5. The number of nitrogens with one attached hydrogen (secondary N) is 2. The maximum atomic E-state index is 11.7. The summed E-state index contributed by atoms with van der Waals surface area (Å²) in [7, 11) is 0. The number of rotatable bonds is 5. The number of aliphatic hydroxyl groups is 1. The highest BCUT2D eigenvalue weighted by Gasteiger charge is 2.42. The number of hydrogen-bond donors (Lipinski definition) is 3. The molecule has 2 fully saturated rings. The van der Waals surface area contributed by atoms with Gasteiger partial charge in [0.2, 0.25) is 0 Å². The fourth-order valence-corrected chi connectivity index (χ4v) is 2.31. The third-order valence-electron chi connectivity index (χ3n) is 3.72. The van der Waals surface area contributed by atoms with E-state index in [1.807, 2.05) is 6.92 Å². The number of carbonyl (C=O) groups excluding carboxylic acids is 1. The van der Waals surface area contributed by atoms with Crippen molar-refractivity contribution in [3.05, 3.63) is 0 Å². The molecule has 0 aromatic rings. The van der Waals surface area contributed by atoms with E-state index in [1.54, 1.807) is 0 Å². The van der Waals surface area contributed by atoms with Crippen LogP contribution in [-0.4, -0.2) is 42.5 Å². The Balaban J connectivity index is 1.71. The third-order valence-corrected chi connectivity index (χ3v) is 3.72. The van der Waals surface area contributed by atoms with Crippen molar-refractivity contribution >= 4 is 6.03 Å². The van der Waals surface area contributed by atoms with Gasteiger partial charge in [-0.05, 0) is 38.5 Å². The molecule has 2 rings (SSSR count). The predicted octanol–water partition coefficient (Wildman–Crippen LogP) is 0.626. The topological polar surface area (TPSA) is 70.6 Å². The first-order chi connectivity index (χ1) is 8.14. The zero-order valence-electron chi connectivity index (χ0n) is 10.4. The lowest BCUT2D eigenvalue weighted by atomic mass is 9.97. The van der Waals surface area contributed by atoms with E-state index in [1.165, 1.54) is 0 Å². The summed E-state index contributed by atoms with van der Waals surface area (Å²) in [6, 6.07) is -0.205. The van der Waals surface area contributed by atoms with Gasteiger partial charge in [0.25, 0.3) is 0 Å². The van der Waals surface area contributed by atoms with Crippen LogP contribution in [0, 0.1) is 5.92 Å². The summed E-state index contributed by atoms with van der Waals surface area (Å²) in [6.45, 7) is 3.24. The molecule has 2 amide bonds. The lowest BCUT2D eigenvalue weighted by molar-refractivity contribution is 0.109. The van der Waals surface area contributed by atoms with Gasteiger partial charge in [0, 0.05) is 13.2 Å². The Morgan fingerprint density at radius 1 is 1.47 bits per heavy atom. The van der Waals surface area contributed by atoms with Crippen LogP contribution in [0.4, 0.5) is 4.79 Å². The van der Waals surface area contributed by atoms with E-state index < -0.39 is 5.54 Å². The molecule has 1 aliphatic carbocycles. The van der Waals surface area contributed by atoms with Crippen LogP contribution in [-0.2, 0) is 4.74 Å². The summed E-state index contributed by atoms with van der Waals surface area (Å²) >= 11 is 0. The summed E-state index contributed by atoms with van der Waals surface area (Å²) in [5.74, 6) is 0.418. The minimum absolute atomic E-state index is 0.00891. The lowest BCUT2D eigenvalue weighted by Crippen LogP contribution is -2.54. The molecule has 1 saturated heterocycles. The minimum atomic E-state index is -0.472. The summed E-state index contributed by atoms with van der Waals surface area (Å²) in [5, 5.41) is 15.0. The lowest BCUT2D eigenvalue weighted by Gasteiger charge is -2.29. The second-order valence-electron chi connectivity index (χ2n) is 5.32. The third kappa shape index (κ3) is 3.33. The van der Waals surface area contributed by atoms with Crippen LogP contribution in [0.25, 0.3) is 0 Å². The molecule has 1 aliphatic heterocycles. The maximum absolute atomic E-state index is 11.7. The molecule has 2 atom stereocenters. The molecular weight excluding hydrogens is 220 g/mol. The van der Waals surface area contributed by atoms with Crippen molar-refractivity contribution in [1.82, 2.24) is 10.6 Å². The van der Waals surface area contributed by atoms with Gasteiger partial charge in [0.05, 0.1) is 18.2 Å². The largest absolute Gasteiger partial charge is 0.394 e. The Kier molecular flexibility index (Phi) is 3.89. The number of amides is 2. The average Bonchev–Trinajstić information content (AvgIpc) is 3.05. The van der Waals surface area contributed by atoms with Gasteiger partial charge >= 0.3 is 6.03 Å². The first kappa shape index (κ1) is 12.6. The molecule has 0 spiro atoms. The van der Waals surface area contributed by atoms with Gasteiger partial charge in [-0.1, -0.05) is 0 Å². The van der Waals surface area contributed by atoms with Crippen molar-refractivity contribution in [2.24, 2.45) is 5.92 Å². The quantitative estimate of drug-likeness (QED) is 0.662. The van der Waals surface area contributed by atoms with Crippen LogP contribution in [0.2, 0.25) is 0 Å². The molecule has 5 heteroatoms. The molecule has 2 aliphatic rings. The van der Waals surface area contributed by atoms with E-state index in [2.05, 4.69) is 10.6 Å².